The van der Waals surface area contributed by atoms with E-state index in [0.29, 0.717) is 5.92 Å². The first-order chi connectivity index (χ1) is 14.4. The first-order valence-corrected chi connectivity index (χ1v) is 11.9. The van der Waals surface area contributed by atoms with E-state index in [2.05, 4.69) is 48.0 Å². The maximum Gasteiger partial charge on any atom is 0.188 e. The van der Waals surface area contributed by atoms with Gasteiger partial charge in [0.1, 0.15) is 11.6 Å². The van der Waals surface area contributed by atoms with Crippen LogP contribution in [0.2, 0.25) is 0 Å². The summed E-state index contributed by atoms with van der Waals surface area (Å²) in [4.78, 5) is 0. The van der Waals surface area contributed by atoms with Gasteiger partial charge in [-0.1, -0.05) is 41.9 Å². The largest absolute Gasteiger partial charge is 0.467 e. The van der Waals surface area contributed by atoms with Gasteiger partial charge in [-0.25, -0.2) is 4.39 Å². The van der Waals surface area contributed by atoms with Crippen molar-refractivity contribution in [3.05, 3.63) is 51.7 Å². The first-order valence-electron chi connectivity index (χ1n) is 11.2. The Morgan fingerprint density at radius 2 is 1.80 bits per heavy atom. The Hall–Kier alpha value is -1.39. The molecule has 0 aliphatic heterocycles. The highest BCUT2D eigenvalue weighted by Crippen LogP contribution is 2.66. The summed E-state index contributed by atoms with van der Waals surface area (Å²) in [6.45, 7) is 4.53. The van der Waals surface area contributed by atoms with Crippen molar-refractivity contribution in [2.75, 3.05) is 13.9 Å². The molecule has 0 aromatic heterocycles. The predicted molar refractivity (Wildman–Crippen MR) is 121 cm³/mol. The molecule has 4 fully saturated rings. The van der Waals surface area contributed by atoms with Crippen LogP contribution in [0.5, 0.6) is 5.75 Å². The lowest BCUT2D eigenvalue weighted by Crippen LogP contribution is -2.32. The molecule has 0 radical (unpaired) electrons. The highest BCUT2D eigenvalue weighted by molar-refractivity contribution is 9.10. The van der Waals surface area contributed by atoms with Crippen molar-refractivity contribution in [2.45, 2.75) is 57.3 Å². The number of benzene rings is 2. The highest BCUT2D eigenvalue weighted by Gasteiger charge is 2.57. The van der Waals surface area contributed by atoms with E-state index in [-0.39, 0.29) is 18.0 Å². The van der Waals surface area contributed by atoms with Gasteiger partial charge in [0.2, 0.25) is 0 Å². The van der Waals surface area contributed by atoms with E-state index in [1.807, 2.05) is 0 Å². The van der Waals surface area contributed by atoms with Crippen LogP contribution in [0, 0.1) is 23.6 Å². The Labute approximate surface area is 187 Å². The molecular weight excluding hydrogens is 443 g/mol. The van der Waals surface area contributed by atoms with Crippen molar-refractivity contribution in [3.8, 4) is 16.9 Å². The summed E-state index contributed by atoms with van der Waals surface area (Å²) in [5.74, 6) is 3.47. The summed E-state index contributed by atoms with van der Waals surface area (Å²) in [5, 5.41) is 0. The van der Waals surface area contributed by atoms with Gasteiger partial charge in [-0.05, 0) is 90.5 Å². The minimum absolute atomic E-state index is 0.0563. The molecule has 0 N–H and O–H groups in total. The van der Waals surface area contributed by atoms with Crippen LogP contribution in [0.3, 0.4) is 0 Å². The summed E-state index contributed by atoms with van der Waals surface area (Å²) in [7, 11) is 1.63. The zero-order valence-electron chi connectivity index (χ0n) is 18.0. The summed E-state index contributed by atoms with van der Waals surface area (Å²) >= 11 is 3.75. The van der Waals surface area contributed by atoms with Crippen LogP contribution in [-0.2, 0) is 10.2 Å². The molecule has 4 aliphatic rings. The van der Waals surface area contributed by atoms with E-state index in [0.717, 1.165) is 44.7 Å². The molecule has 2 aromatic rings. The average molecular weight is 473 g/mol. The van der Waals surface area contributed by atoms with Crippen molar-refractivity contribution in [1.82, 2.24) is 0 Å². The lowest BCUT2D eigenvalue weighted by atomic mass is 9.65. The van der Waals surface area contributed by atoms with Crippen LogP contribution >= 0.6 is 15.9 Å². The fraction of sp³-hybridized carbons (Fsp3) is 0.538. The smallest absolute Gasteiger partial charge is 0.188 e. The number of rotatable bonds is 6. The molecule has 30 heavy (non-hydrogen) atoms. The second-order valence-electron chi connectivity index (χ2n) is 10.0. The summed E-state index contributed by atoms with van der Waals surface area (Å²) in [6.07, 6.45) is 6.25. The third kappa shape index (κ3) is 3.31. The van der Waals surface area contributed by atoms with Gasteiger partial charge in [0, 0.05) is 22.7 Å². The van der Waals surface area contributed by atoms with E-state index < -0.39 is 0 Å². The molecule has 0 spiro atoms. The minimum Gasteiger partial charge on any atom is -0.467 e. The summed E-state index contributed by atoms with van der Waals surface area (Å²) in [5.41, 5.74) is 4.16. The van der Waals surface area contributed by atoms with Crippen molar-refractivity contribution >= 4 is 15.9 Å². The van der Waals surface area contributed by atoms with E-state index in [4.69, 9.17) is 9.47 Å². The summed E-state index contributed by atoms with van der Waals surface area (Å²) in [6, 6.07) is 9.73. The van der Waals surface area contributed by atoms with Crippen molar-refractivity contribution in [2.24, 2.45) is 17.8 Å². The quantitative estimate of drug-likeness (QED) is 0.406. The molecule has 4 bridgehead atoms. The molecule has 6 rings (SSSR count). The second-order valence-corrected chi connectivity index (χ2v) is 10.9. The monoisotopic (exact) mass is 472 g/mol. The SMILES string of the molecule is COCOc1c(-c2ccc(C(C)C)cc2Br)cc(F)cc1C12CC3CC(C1)C(C3)C2. The van der Waals surface area contributed by atoms with Crippen molar-refractivity contribution < 1.29 is 13.9 Å². The zero-order chi connectivity index (χ0) is 21.0. The Morgan fingerprint density at radius 1 is 1.07 bits per heavy atom. The molecule has 4 saturated carbocycles. The van der Waals surface area contributed by atoms with Gasteiger partial charge >= 0.3 is 0 Å². The predicted octanol–water partition coefficient (Wildman–Crippen LogP) is 7.44. The number of halogens is 2. The number of hydrogen-bond acceptors (Lipinski definition) is 2. The molecule has 2 atom stereocenters. The van der Waals surface area contributed by atoms with Gasteiger partial charge in [-0.15, -0.1) is 0 Å². The average Bonchev–Trinajstić information content (AvgIpc) is 3.13. The van der Waals surface area contributed by atoms with Gasteiger partial charge in [-0.3, -0.25) is 0 Å². The highest BCUT2D eigenvalue weighted by atomic mass is 79.9. The zero-order valence-corrected chi connectivity index (χ0v) is 19.6. The van der Waals surface area contributed by atoms with E-state index in [1.165, 1.54) is 37.7 Å². The first kappa shape index (κ1) is 20.5. The standard InChI is InChI=1S/C26H30BrFO2/c1-15(2)17-4-5-21(24(27)8-17)22-9-20(28)10-23(25(22)30-14-29-3)26-11-16-6-18(12-26)19(7-16)13-26/h4-5,8-10,15-16,18-19H,6-7,11-14H2,1-3H3. The molecule has 2 nitrogen and oxygen atoms in total. The van der Waals surface area contributed by atoms with E-state index in [1.54, 1.807) is 19.2 Å². The van der Waals surface area contributed by atoms with Gasteiger partial charge < -0.3 is 9.47 Å². The van der Waals surface area contributed by atoms with Crippen LogP contribution in [-0.4, -0.2) is 13.9 Å². The molecule has 0 heterocycles. The molecule has 0 amide bonds. The molecule has 4 heteroatoms. The maximum atomic E-state index is 15.0. The van der Waals surface area contributed by atoms with Gasteiger partial charge in [0.05, 0.1) is 0 Å². The van der Waals surface area contributed by atoms with Crippen LogP contribution in [0.25, 0.3) is 11.1 Å². The van der Waals surface area contributed by atoms with Gasteiger partial charge in [-0.2, -0.15) is 0 Å². The number of methoxy groups -OCH3 is 1. The molecule has 2 aromatic carbocycles. The molecule has 160 valence electrons. The Morgan fingerprint density at radius 3 is 2.40 bits per heavy atom. The Kier molecular flexibility index (Phi) is 5.22. The lowest BCUT2D eigenvalue weighted by Gasteiger charge is -2.40. The molecular formula is C26H30BrFO2. The van der Waals surface area contributed by atoms with Crippen molar-refractivity contribution in [1.29, 1.82) is 0 Å². The van der Waals surface area contributed by atoms with Gasteiger partial charge in [0.15, 0.2) is 6.79 Å². The third-order valence-electron chi connectivity index (χ3n) is 7.82. The third-order valence-corrected chi connectivity index (χ3v) is 8.48. The van der Waals surface area contributed by atoms with Gasteiger partial charge in [0.25, 0.3) is 0 Å². The molecule has 2 unspecified atom stereocenters. The normalized spacial score (nSPS) is 29.2. The maximum absolute atomic E-state index is 15.0. The number of ether oxygens (including phenoxy) is 2. The Bertz CT molecular complexity index is 950. The van der Waals surface area contributed by atoms with E-state index in [9.17, 15) is 0 Å². The lowest BCUT2D eigenvalue weighted by molar-refractivity contribution is 0.0490. The fourth-order valence-electron chi connectivity index (χ4n) is 6.71. The number of hydrogen-bond donors (Lipinski definition) is 0. The summed E-state index contributed by atoms with van der Waals surface area (Å²) < 4.78 is 27.5. The Balaban J connectivity index is 1.65. The second kappa shape index (κ2) is 7.63. The molecule has 4 aliphatic carbocycles. The molecule has 0 saturated heterocycles. The minimum atomic E-state index is -0.179. The van der Waals surface area contributed by atoms with Crippen LogP contribution in [0.15, 0.2) is 34.8 Å². The fourth-order valence-corrected chi connectivity index (χ4v) is 7.32. The van der Waals surface area contributed by atoms with Crippen molar-refractivity contribution in [3.63, 3.8) is 0 Å². The van der Waals surface area contributed by atoms with E-state index >= 15 is 4.39 Å². The van der Waals surface area contributed by atoms with Crippen LogP contribution in [0.1, 0.15) is 63.0 Å². The van der Waals surface area contributed by atoms with Crippen LogP contribution in [0.4, 0.5) is 4.39 Å². The topological polar surface area (TPSA) is 18.5 Å². The van der Waals surface area contributed by atoms with Crippen LogP contribution < -0.4 is 4.74 Å².